The van der Waals surface area contributed by atoms with Crippen molar-refractivity contribution < 1.29 is 5.11 Å². The summed E-state index contributed by atoms with van der Waals surface area (Å²) in [5.41, 5.74) is 1.79. The first-order valence-electron chi connectivity index (χ1n) is 4.82. The van der Waals surface area contributed by atoms with Crippen LogP contribution in [0.1, 0.15) is 0 Å². The van der Waals surface area contributed by atoms with Gasteiger partial charge in [0.2, 0.25) is 0 Å². The largest absolute Gasteiger partial charge is 0.390 e. The predicted molar refractivity (Wildman–Crippen MR) is 69.0 cm³/mol. The molecule has 4 nitrogen and oxygen atoms in total. The number of nitrogens with zero attached hydrogens (tertiary/aromatic N) is 1. The summed E-state index contributed by atoms with van der Waals surface area (Å²) in [5.74, 6) is 0.225. The smallest absolute Gasteiger partial charge is 0.108 e. The topological polar surface area (TPSA) is 60.9 Å². The van der Waals surface area contributed by atoms with Crippen LogP contribution in [0.2, 0.25) is 0 Å². The Morgan fingerprint density at radius 1 is 1.56 bits per heavy atom. The number of alkyl halides is 1. The number of aliphatic hydroxyl groups excluding tert-OH is 1. The van der Waals surface area contributed by atoms with E-state index in [1.54, 1.807) is 0 Å². The van der Waals surface area contributed by atoms with Crippen LogP contribution in [0.3, 0.4) is 0 Å². The molecule has 1 unspecified atom stereocenters. The molecule has 1 aromatic heterocycles. The first kappa shape index (κ1) is 11.7. The van der Waals surface area contributed by atoms with Crippen LogP contribution in [0.15, 0.2) is 22.8 Å². The minimum atomic E-state index is -0.539. The van der Waals surface area contributed by atoms with E-state index in [2.05, 4.69) is 31.4 Å². The molecule has 3 N–H and O–H groups in total. The fourth-order valence-corrected chi connectivity index (χ4v) is 1.91. The third kappa shape index (κ3) is 2.48. The molecule has 2 aromatic rings. The van der Waals surface area contributed by atoms with Crippen molar-refractivity contribution in [2.45, 2.75) is 6.10 Å². The number of halogens is 2. The van der Waals surface area contributed by atoms with E-state index >= 15 is 0 Å². The highest BCUT2D eigenvalue weighted by Crippen LogP contribution is 2.23. The summed E-state index contributed by atoms with van der Waals surface area (Å²) in [6.45, 7) is 0.431. The summed E-state index contributed by atoms with van der Waals surface area (Å²) in [5, 5.41) is 20.4. The minimum Gasteiger partial charge on any atom is -0.390 e. The highest BCUT2D eigenvalue weighted by Gasteiger charge is 2.05. The molecule has 0 saturated heterocycles. The number of benzene rings is 1. The standard InChI is InChI=1S/C10H11BrClN3O/c11-10-8-2-1-6(3-9(8)14-15-10)13-5-7(16)4-12/h1-3,7,13,16H,4-5H2,(H,14,15). The van der Waals surface area contributed by atoms with Gasteiger partial charge in [0.1, 0.15) is 4.60 Å². The number of H-pyrrole nitrogens is 1. The van der Waals surface area contributed by atoms with E-state index in [9.17, 15) is 5.11 Å². The van der Waals surface area contributed by atoms with Gasteiger partial charge in [-0.15, -0.1) is 11.6 Å². The number of rotatable bonds is 4. The number of nitrogens with one attached hydrogen (secondary N) is 2. The average molecular weight is 305 g/mol. The number of anilines is 1. The molecule has 86 valence electrons. The van der Waals surface area contributed by atoms with Crippen molar-refractivity contribution >= 4 is 44.1 Å². The van der Waals surface area contributed by atoms with E-state index in [0.29, 0.717) is 6.54 Å². The lowest BCUT2D eigenvalue weighted by Crippen LogP contribution is -2.20. The molecular weight excluding hydrogens is 293 g/mol. The molecule has 1 heterocycles. The fraction of sp³-hybridized carbons (Fsp3) is 0.300. The van der Waals surface area contributed by atoms with Crippen molar-refractivity contribution in [1.29, 1.82) is 0 Å². The van der Waals surface area contributed by atoms with Crippen LogP contribution in [-0.2, 0) is 0 Å². The molecular formula is C10H11BrClN3O. The second-order valence-electron chi connectivity index (χ2n) is 3.46. The molecule has 0 aliphatic heterocycles. The number of hydrogen-bond acceptors (Lipinski definition) is 3. The molecule has 0 spiro atoms. The van der Waals surface area contributed by atoms with Crippen molar-refractivity contribution in [3.05, 3.63) is 22.8 Å². The van der Waals surface area contributed by atoms with Gasteiger partial charge in [-0.1, -0.05) is 0 Å². The SMILES string of the molecule is OC(CCl)CNc1ccc2c(Br)[nH]nc2c1. The van der Waals surface area contributed by atoms with Crippen LogP contribution >= 0.6 is 27.5 Å². The number of hydrogen-bond donors (Lipinski definition) is 3. The van der Waals surface area contributed by atoms with E-state index in [1.807, 2.05) is 18.2 Å². The summed E-state index contributed by atoms with van der Waals surface area (Å²) in [7, 11) is 0. The molecule has 6 heteroatoms. The maximum absolute atomic E-state index is 9.31. The zero-order chi connectivity index (χ0) is 11.5. The molecule has 1 aromatic carbocycles. The van der Waals surface area contributed by atoms with E-state index < -0.39 is 6.10 Å². The van der Waals surface area contributed by atoms with Crippen LogP contribution in [0, 0.1) is 0 Å². The van der Waals surface area contributed by atoms with Gasteiger partial charge in [0.25, 0.3) is 0 Å². The molecule has 0 aliphatic rings. The lowest BCUT2D eigenvalue weighted by molar-refractivity contribution is 0.211. The third-order valence-electron chi connectivity index (χ3n) is 2.23. The van der Waals surface area contributed by atoms with Crippen LogP contribution < -0.4 is 5.32 Å². The second kappa shape index (κ2) is 5.03. The zero-order valence-corrected chi connectivity index (χ0v) is 10.7. The van der Waals surface area contributed by atoms with Gasteiger partial charge in [-0.2, -0.15) is 5.10 Å². The number of aromatic amines is 1. The van der Waals surface area contributed by atoms with Crippen molar-refractivity contribution in [3.8, 4) is 0 Å². The second-order valence-corrected chi connectivity index (χ2v) is 4.56. The number of fused-ring (bicyclic) bond motifs is 1. The third-order valence-corrected chi connectivity index (χ3v) is 3.19. The Morgan fingerprint density at radius 3 is 3.12 bits per heavy atom. The molecule has 2 rings (SSSR count). The fourth-order valence-electron chi connectivity index (χ4n) is 1.38. The summed E-state index contributed by atoms with van der Waals surface area (Å²) in [4.78, 5) is 0. The molecule has 1 atom stereocenters. The Morgan fingerprint density at radius 2 is 2.38 bits per heavy atom. The lowest BCUT2D eigenvalue weighted by Gasteiger charge is -2.09. The molecule has 0 fully saturated rings. The van der Waals surface area contributed by atoms with E-state index in [-0.39, 0.29) is 5.88 Å². The lowest BCUT2D eigenvalue weighted by atomic mass is 10.2. The molecule has 0 amide bonds. The summed E-state index contributed by atoms with van der Waals surface area (Å²) >= 11 is 8.87. The normalized spacial score (nSPS) is 12.9. The zero-order valence-electron chi connectivity index (χ0n) is 8.37. The molecule has 0 aliphatic carbocycles. The highest BCUT2D eigenvalue weighted by molar-refractivity contribution is 9.10. The summed E-state index contributed by atoms with van der Waals surface area (Å²) in [6.07, 6.45) is -0.539. The Balaban J connectivity index is 2.14. The van der Waals surface area contributed by atoms with Gasteiger partial charge >= 0.3 is 0 Å². The molecule has 0 radical (unpaired) electrons. The van der Waals surface area contributed by atoms with Gasteiger partial charge in [-0.25, -0.2) is 0 Å². The van der Waals surface area contributed by atoms with Crippen LogP contribution in [0.4, 0.5) is 5.69 Å². The first-order valence-corrected chi connectivity index (χ1v) is 6.15. The van der Waals surface area contributed by atoms with Gasteiger partial charge in [0.15, 0.2) is 0 Å². The van der Waals surface area contributed by atoms with Gasteiger partial charge in [0.05, 0.1) is 17.5 Å². The van der Waals surface area contributed by atoms with Crippen molar-refractivity contribution in [1.82, 2.24) is 10.2 Å². The van der Waals surface area contributed by atoms with Crippen LogP contribution in [-0.4, -0.2) is 33.8 Å². The minimum absolute atomic E-state index is 0.225. The van der Waals surface area contributed by atoms with Crippen LogP contribution in [0.5, 0.6) is 0 Å². The number of aromatic nitrogens is 2. The molecule has 0 saturated carbocycles. The van der Waals surface area contributed by atoms with E-state index in [1.165, 1.54) is 0 Å². The monoisotopic (exact) mass is 303 g/mol. The van der Waals surface area contributed by atoms with Gasteiger partial charge in [-0.05, 0) is 34.1 Å². The van der Waals surface area contributed by atoms with Gasteiger partial charge in [0, 0.05) is 17.6 Å². The first-order chi connectivity index (χ1) is 7.70. The van der Waals surface area contributed by atoms with Gasteiger partial charge < -0.3 is 10.4 Å². The molecule has 0 bridgehead atoms. The summed E-state index contributed by atoms with van der Waals surface area (Å²) < 4.78 is 0.870. The Labute approximate surface area is 106 Å². The van der Waals surface area contributed by atoms with Crippen molar-refractivity contribution in [3.63, 3.8) is 0 Å². The van der Waals surface area contributed by atoms with Gasteiger partial charge in [-0.3, -0.25) is 5.10 Å². The van der Waals surface area contributed by atoms with Crippen molar-refractivity contribution in [2.75, 3.05) is 17.7 Å². The number of aliphatic hydroxyl groups is 1. The predicted octanol–water partition coefficient (Wildman–Crippen LogP) is 2.34. The Kier molecular flexibility index (Phi) is 3.68. The maximum Gasteiger partial charge on any atom is 0.108 e. The Bertz CT molecular complexity index is 488. The van der Waals surface area contributed by atoms with Crippen molar-refractivity contribution in [2.24, 2.45) is 0 Å². The highest BCUT2D eigenvalue weighted by atomic mass is 79.9. The van der Waals surface area contributed by atoms with E-state index in [0.717, 1.165) is 21.2 Å². The summed E-state index contributed by atoms with van der Waals surface area (Å²) in [6, 6.07) is 5.80. The average Bonchev–Trinajstić information content (AvgIpc) is 2.67. The Hall–Kier alpha value is -0.780. The van der Waals surface area contributed by atoms with Crippen LogP contribution in [0.25, 0.3) is 10.9 Å². The molecule has 16 heavy (non-hydrogen) atoms. The quantitative estimate of drug-likeness (QED) is 0.760. The van der Waals surface area contributed by atoms with E-state index in [4.69, 9.17) is 11.6 Å². The maximum atomic E-state index is 9.31.